The number of carboxylic acid groups (broad SMARTS) is 1. The number of imidazole rings is 3. The van der Waals surface area contributed by atoms with E-state index < -0.39 is 28.9 Å². The molecule has 3 fully saturated rings. The number of carbonyl (C=O) groups is 3. The summed E-state index contributed by atoms with van der Waals surface area (Å²) in [6, 6.07) is 17.6. The van der Waals surface area contributed by atoms with Crippen LogP contribution in [0.25, 0.3) is 33.8 Å². The van der Waals surface area contributed by atoms with Gasteiger partial charge in [0.25, 0.3) is 0 Å². The Bertz CT molecular complexity index is 2980. The van der Waals surface area contributed by atoms with Gasteiger partial charge in [-0.25, -0.2) is 28.1 Å². The minimum Gasteiger partial charge on any atom is -0.870 e. The minimum absolute atomic E-state index is 0. The number of carbonyl (C=O) groups excluding carboxylic acids is 2. The fourth-order valence-corrected chi connectivity index (χ4v) is 14.0. The fourth-order valence-electron chi connectivity index (χ4n) is 13.1. The van der Waals surface area contributed by atoms with Crippen LogP contribution in [0.15, 0.2) is 92.2 Å². The summed E-state index contributed by atoms with van der Waals surface area (Å²) in [5, 5.41) is 11.2. The van der Waals surface area contributed by atoms with E-state index in [1.807, 2.05) is 73.2 Å². The average molecular weight is 1160 g/mol. The molecule has 3 aliphatic heterocycles. The summed E-state index contributed by atoms with van der Waals surface area (Å²) in [7, 11) is 2.89. The van der Waals surface area contributed by atoms with E-state index in [1.165, 1.54) is 14.2 Å². The number of hydrogen-bond donors (Lipinski definition) is 3. The summed E-state index contributed by atoms with van der Waals surface area (Å²) in [6.07, 6.45) is 19.5. The van der Waals surface area contributed by atoms with E-state index in [-0.39, 0.29) is 66.2 Å². The number of hydrogen-bond acceptors (Lipinski definition) is 9. The molecule has 12 rings (SSSR count). The van der Waals surface area contributed by atoms with Crippen LogP contribution in [-0.2, 0) is 19.1 Å². The molecule has 6 heterocycles. The van der Waals surface area contributed by atoms with Crippen molar-refractivity contribution in [3.63, 3.8) is 0 Å². The summed E-state index contributed by atoms with van der Waals surface area (Å²) < 4.78 is 56.8. The van der Waals surface area contributed by atoms with Crippen LogP contribution >= 0.6 is 34.8 Å². The summed E-state index contributed by atoms with van der Waals surface area (Å²) in [5.74, 6) is -2.06. The van der Waals surface area contributed by atoms with E-state index in [1.54, 1.807) is 19.0 Å². The van der Waals surface area contributed by atoms with Gasteiger partial charge in [0.15, 0.2) is 0 Å². The van der Waals surface area contributed by atoms with Crippen molar-refractivity contribution in [3.05, 3.63) is 124 Å². The molecule has 6 aromatic rings. The van der Waals surface area contributed by atoms with Gasteiger partial charge in [-0.2, -0.15) is 0 Å². The molecular weight excluding hydrogens is 1090 g/mol. The molecule has 424 valence electrons. The number of amides is 1. The molecule has 6 N–H and O–H groups in total. The van der Waals surface area contributed by atoms with E-state index in [4.69, 9.17) is 50.4 Å². The molecule has 0 saturated heterocycles. The Morgan fingerprint density at radius 1 is 0.575 bits per heavy atom. The number of ether oxygens (including phenoxy) is 1. The summed E-state index contributed by atoms with van der Waals surface area (Å²) in [5.41, 5.74) is 15.6. The van der Waals surface area contributed by atoms with Gasteiger partial charge in [0.2, 0.25) is 5.91 Å². The molecule has 80 heavy (non-hydrogen) atoms. The summed E-state index contributed by atoms with van der Waals surface area (Å²) in [4.78, 5) is 46.7. The third-order valence-electron chi connectivity index (χ3n) is 17.5. The van der Waals surface area contributed by atoms with Crippen molar-refractivity contribution in [2.45, 2.75) is 151 Å². The Morgan fingerprint density at radius 3 is 1.16 bits per heavy atom. The third kappa shape index (κ3) is 12.9. The van der Waals surface area contributed by atoms with Crippen molar-refractivity contribution >= 4 is 52.6 Å². The molecule has 14 nitrogen and oxygen atoms in total. The Morgan fingerprint density at radius 2 is 0.875 bits per heavy atom. The number of esters is 1. The number of primary amides is 1. The van der Waals surface area contributed by atoms with Gasteiger partial charge in [-0.05, 0) is 141 Å². The van der Waals surface area contributed by atoms with Crippen LogP contribution < -0.4 is 30.3 Å². The van der Waals surface area contributed by atoms with Gasteiger partial charge < -0.3 is 40.5 Å². The van der Waals surface area contributed by atoms with Gasteiger partial charge in [-0.15, -0.1) is 0 Å². The number of benzene rings is 3. The van der Waals surface area contributed by atoms with Crippen LogP contribution in [0.1, 0.15) is 150 Å². The number of rotatable bonds is 12. The Kier molecular flexibility index (Phi) is 20.6. The zero-order valence-electron chi connectivity index (χ0n) is 45.5. The molecule has 0 bridgehead atoms. The van der Waals surface area contributed by atoms with Crippen LogP contribution in [0.2, 0.25) is 15.1 Å². The number of alkyl halides is 3. The van der Waals surface area contributed by atoms with Crippen molar-refractivity contribution in [1.82, 2.24) is 28.7 Å². The van der Waals surface area contributed by atoms with Gasteiger partial charge in [0, 0.05) is 54.4 Å². The molecule has 3 saturated carbocycles. The Balaban J connectivity index is 0.000000169. The number of nitrogens with zero attached hydrogens (tertiary/aromatic N) is 6. The fraction of sp³-hybridized carbons (Fsp3) is 0.492. The molecule has 3 aliphatic carbocycles. The predicted octanol–water partition coefficient (Wildman–Crippen LogP) is 10.5. The van der Waals surface area contributed by atoms with Crippen molar-refractivity contribution in [2.75, 3.05) is 14.2 Å². The topological polar surface area (TPSA) is 216 Å². The number of halogens is 6. The number of methoxy groups -OCH3 is 1. The van der Waals surface area contributed by atoms with Crippen LogP contribution in [-0.4, -0.2) is 88.2 Å². The maximum absolute atomic E-state index is 15.3. The van der Waals surface area contributed by atoms with Crippen LogP contribution in [0.5, 0.6) is 0 Å². The number of aliphatic carboxylic acids is 1. The maximum atomic E-state index is 15.3. The molecule has 3 atom stereocenters. The van der Waals surface area contributed by atoms with Crippen LogP contribution in [0.4, 0.5) is 13.2 Å². The monoisotopic (exact) mass is 1150 g/mol. The largest absolute Gasteiger partial charge is 1.00 e. The standard InChI is InChI=1S/C20H22ClFN2O2.C19H21ClFN3O.C19H20ClFN2O2.CH5N.Li.H2O/c1-26-19(25)13-5-8-20(22,9-6-13)10-7-16-18-14(3-2-4-15(18)21)17-11-23-12-24(16)17;20-14-3-1-2-13-16-10-23-11-24(16)15(17(13)14)6-9-19(21)7-4-12(5-8-19)18(22)25;20-14-3-1-2-13-16-10-22-11-23(16)15(17(13)14)6-9-19(21)7-4-12(5-8-19)18(24)25;1-2;;/h2-4,11-13,16H,5-10H2,1H3;1-3,10-12,15H,4-9H2,(H2,22,25);1-3,10-12,15H,4-9H2,(H,24,25);2H2,1H3;;1H2/q;;;;+1;/p-1. The van der Waals surface area contributed by atoms with Crippen molar-refractivity contribution < 1.29 is 61.7 Å². The van der Waals surface area contributed by atoms with Crippen molar-refractivity contribution in [2.24, 2.45) is 29.2 Å². The molecule has 3 aromatic carbocycles. The van der Waals surface area contributed by atoms with Gasteiger partial charge in [-0.3, -0.25) is 14.4 Å². The number of fused-ring (bicyclic) bond motifs is 9. The molecular formula is C59H69Cl3F3LiN8O6. The molecule has 1 amide bonds. The Labute approximate surface area is 492 Å². The van der Waals surface area contributed by atoms with Gasteiger partial charge >= 0.3 is 30.8 Å². The quantitative estimate of drug-likeness (QED) is 0.0778. The van der Waals surface area contributed by atoms with E-state index in [2.05, 4.69) is 34.4 Å². The molecule has 3 unspecified atom stereocenters. The smallest absolute Gasteiger partial charge is 0.870 e. The van der Waals surface area contributed by atoms with Crippen LogP contribution in [0, 0.1) is 17.8 Å². The van der Waals surface area contributed by atoms with Crippen molar-refractivity contribution in [1.29, 1.82) is 0 Å². The molecule has 6 aliphatic rings. The SMILES string of the molecule is CN.COC(=O)C1CCC(F)(CCC2c3c(Cl)cccc3-c3cncn32)CC1.NC(=O)C1CCC(F)(CCC2c3c(Cl)cccc3-c3cncn32)CC1.O=C(O)C1CCC(F)(CCC2c3c(Cl)cccc3-c3cncn32)CC1.[Li+].[OH-]. The third-order valence-corrected chi connectivity index (χ3v) is 18.5. The molecule has 3 aromatic heterocycles. The predicted molar refractivity (Wildman–Crippen MR) is 298 cm³/mol. The average Bonchev–Trinajstić information content (AvgIpc) is 4.31. The zero-order chi connectivity index (χ0) is 55.5. The van der Waals surface area contributed by atoms with E-state index in [0.717, 1.165) is 60.5 Å². The second-order valence-electron chi connectivity index (χ2n) is 21.9. The summed E-state index contributed by atoms with van der Waals surface area (Å²) >= 11 is 19.3. The second kappa shape index (κ2) is 26.4. The van der Waals surface area contributed by atoms with Gasteiger partial charge in [0.1, 0.15) is 17.0 Å². The number of nitrogens with two attached hydrogens (primary N) is 2. The molecule has 21 heteroatoms. The summed E-state index contributed by atoms with van der Waals surface area (Å²) in [6.45, 7) is 0. The second-order valence-corrected chi connectivity index (χ2v) is 23.1. The van der Waals surface area contributed by atoms with Crippen LogP contribution in [0.3, 0.4) is 0 Å². The van der Waals surface area contributed by atoms with Gasteiger partial charge in [0.05, 0.1) is 91.7 Å². The number of carboxylic acids is 1. The Hall–Kier alpha value is -5.12. The van der Waals surface area contributed by atoms with E-state index in [0.29, 0.717) is 121 Å². The first-order valence-corrected chi connectivity index (χ1v) is 28.3. The first-order valence-electron chi connectivity index (χ1n) is 27.2. The molecule has 0 radical (unpaired) electrons. The first-order chi connectivity index (χ1) is 37.5. The molecule has 0 spiro atoms. The van der Waals surface area contributed by atoms with Gasteiger partial charge in [-0.1, -0.05) is 71.2 Å². The van der Waals surface area contributed by atoms with Crippen molar-refractivity contribution in [3.8, 4) is 33.8 Å². The van der Waals surface area contributed by atoms with E-state index >= 15 is 13.2 Å². The van der Waals surface area contributed by atoms with E-state index in [9.17, 15) is 14.4 Å². The maximum Gasteiger partial charge on any atom is 1.00 e. The normalized spacial score (nSPS) is 26.2. The minimum atomic E-state index is -1.28. The zero-order valence-corrected chi connectivity index (χ0v) is 47.8. The first kappa shape index (κ1) is 62.5. The number of aromatic nitrogens is 6.